The highest BCUT2D eigenvalue weighted by atomic mass is 32.2. The molecule has 2 heteroatoms. The molecule has 1 saturated carbocycles. The third-order valence-electron chi connectivity index (χ3n) is 4.39. The first-order valence-electron chi connectivity index (χ1n) is 7.39. The molecule has 1 aromatic rings. The maximum atomic E-state index is 3.88. The molecule has 1 nitrogen and oxygen atoms in total. The highest BCUT2D eigenvalue weighted by Crippen LogP contribution is 2.31. The Bertz CT molecular complexity index is 418. The molecule has 0 amide bonds. The fourth-order valence-corrected chi connectivity index (χ4v) is 4.62. The Balaban J connectivity index is 2.14. The van der Waals surface area contributed by atoms with Crippen LogP contribution in [0.1, 0.15) is 54.5 Å². The van der Waals surface area contributed by atoms with E-state index in [0.717, 1.165) is 5.25 Å². The van der Waals surface area contributed by atoms with Crippen molar-refractivity contribution in [3.63, 3.8) is 0 Å². The first kappa shape index (κ1) is 14.9. The number of hydrogen-bond acceptors (Lipinski definition) is 2. The summed E-state index contributed by atoms with van der Waals surface area (Å²) in [6.07, 6.45) is 6.33. The molecule has 0 bridgehead atoms. The second kappa shape index (κ2) is 6.32. The zero-order valence-electron chi connectivity index (χ0n) is 12.9. The maximum absolute atomic E-state index is 3.88. The van der Waals surface area contributed by atoms with Crippen LogP contribution in [0, 0.1) is 20.8 Å². The molecule has 1 aromatic carbocycles. The van der Waals surface area contributed by atoms with Crippen LogP contribution in [-0.4, -0.2) is 17.5 Å². The summed E-state index contributed by atoms with van der Waals surface area (Å²) in [5.74, 6) is 0. The average molecular weight is 277 g/mol. The summed E-state index contributed by atoms with van der Waals surface area (Å²) in [4.78, 5) is 0. The Morgan fingerprint density at radius 2 is 1.79 bits per heavy atom. The van der Waals surface area contributed by atoms with Crippen LogP contribution in [-0.2, 0) is 0 Å². The van der Waals surface area contributed by atoms with Crippen LogP contribution in [0.5, 0.6) is 0 Å². The smallest absolute Gasteiger partial charge is 0.0300 e. The predicted octanol–water partition coefficient (Wildman–Crippen LogP) is 4.55. The molecule has 0 saturated heterocycles. The summed E-state index contributed by atoms with van der Waals surface area (Å²) in [7, 11) is 0. The van der Waals surface area contributed by atoms with Gasteiger partial charge in [0.05, 0.1) is 0 Å². The number of hydrogen-bond donors (Lipinski definition) is 1. The van der Waals surface area contributed by atoms with Gasteiger partial charge in [-0.1, -0.05) is 24.1 Å². The van der Waals surface area contributed by atoms with Crippen LogP contribution in [0.25, 0.3) is 0 Å². The van der Waals surface area contributed by atoms with Crippen molar-refractivity contribution in [2.24, 2.45) is 0 Å². The molecule has 1 aliphatic rings. The summed E-state index contributed by atoms with van der Waals surface area (Å²) in [5, 5.41) is 4.68. The highest BCUT2D eigenvalue weighted by Gasteiger charge is 2.28. The lowest BCUT2D eigenvalue weighted by Crippen LogP contribution is -2.36. The summed E-state index contributed by atoms with van der Waals surface area (Å²) in [5.41, 5.74) is 5.72. The second-order valence-electron chi connectivity index (χ2n) is 6.01. The number of benzene rings is 1. The van der Waals surface area contributed by atoms with Crippen LogP contribution in [0.3, 0.4) is 0 Å². The third-order valence-corrected chi connectivity index (χ3v) is 5.56. The van der Waals surface area contributed by atoms with Gasteiger partial charge in [0.1, 0.15) is 0 Å². The quantitative estimate of drug-likeness (QED) is 0.866. The van der Waals surface area contributed by atoms with Crippen LogP contribution < -0.4 is 5.32 Å². The Kier molecular flexibility index (Phi) is 4.97. The molecular weight excluding hydrogens is 250 g/mol. The molecule has 0 radical (unpaired) electrons. The first-order valence-corrected chi connectivity index (χ1v) is 8.68. The van der Waals surface area contributed by atoms with Gasteiger partial charge in [-0.05, 0) is 63.5 Å². The normalized spacial score (nSPS) is 24.7. The summed E-state index contributed by atoms with van der Waals surface area (Å²) in [6, 6.07) is 5.76. The van der Waals surface area contributed by atoms with Crippen LogP contribution in [0.15, 0.2) is 12.1 Å². The van der Waals surface area contributed by atoms with E-state index in [1.807, 2.05) is 11.8 Å². The summed E-state index contributed by atoms with van der Waals surface area (Å²) in [6.45, 7) is 8.99. The molecule has 1 aliphatic carbocycles. The molecule has 0 heterocycles. The molecule has 1 fully saturated rings. The largest absolute Gasteiger partial charge is 0.306 e. The number of aryl methyl sites for hydroxylation is 3. The van der Waals surface area contributed by atoms with E-state index in [4.69, 9.17) is 0 Å². The molecule has 1 N–H and O–H groups in total. The zero-order valence-corrected chi connectivity index (χ0v) is 13.7. The lowest BCUT2D eigenvalue weighted by molar-refractivity contribution is 0.465. The van der Waals surface area contributed by atoms with Crippen molar-refractivity contribution in [1.29, 1.82) is 0 Å². The highest BCUT2D eigenvalue weighted by molar-refractivity contribution is 7.99. The Hall–Kier alpha value is -0.470. The molecule has 106 valence electrons. The van der Waals surface area contributed by atoms with Gasteiger partial charge >= 0.3 is 0 Å². The summed E-state index contributed by atoms with van der Waals surface area (Å²) >= 11 is 2.03. The third kappa shape index (κ3) is 3.35. The van der Waals surface area contributed by atoms with E-state index < -0.39 is 0 Å². The molecule has 19 heavy (non-hydrogen) atoms. The standard InChI is InChI=1S/C17H27NS/c1-11-9-12(2)17(13(3)10-11)14(4)18-15-7-6-8-16(15)19-5/h9-10,14-16,18H,6-8H2,1-5H3. The van der Waals surface area contributed by atoms with Crippen molar-refractivity contribution >= 4 is 11.8 Å². The number of nitrogens with one attached hydrogen (secondary N) is 1. The monoisotopic (exact) mass is 277 g/mol. The molecular formula is C17H27NS. The lowest BCUT2D eigenvalue weighted by atomic mass is 9.94. The predicted molar refractivity (Wildman–Crippen MR) is 87.1 cm³/mol. The first-order chi connectivity index (χ1) is 9.02. The van der Waals surface area contributed by atoms with Gasteiger partial charge in [-0.15, -0.1) is 0 Å². The van der Waals surface area contributed by atoms with Crippen molar-refractivity contribution in [3.05, 3.63) is 34.4 Å². The Labute approximate surface area is 122 Å². The summed E-state index contributed by atoms with van der Waals surface area (Å²) < 4.78 is 0. The topological polar surface area (TPSA) is 12.0 Å². The van der Waals surface area contributed by atoms with Crippen molar-refractivity contribution in [3.8, 4) is 0 Å². The fraction of sp³-hybridized carbons (Fsp3) is 0.647. The molecule has 0 aliphatic heterocycles. The van der Waals surface area contributed by atoms with Gasteiger partial charge in [-0.25, -0.2) is 0 Å². The Morgan fingerprint density at radius 3 is 2.37 bits per heavy atom. The van der Waals surface area contributed by atoms with Crippen molar-refractivity contribution in [2.75, 3.05) is 6.26 Å². The van der Waals surface area contributed by atoms with Gasteiger partial charge in [0.2, 0.25) is 0 Å². The van der Waals surface area contributed by atoms with Gasteiger partial charge in [-0.3, -0.25) is 0 Å². The van der Waals surface area contributed by atoms with Gasteiger partial charge in [0, 0.05) is 17.3 Å². The minimum Gasteiger partial charge on any atom is -0.306 e. The fourth-order valence-electron chi connectivity index (χ4n) is 3.68. The number of rotatable bonds is 4. The molecule has 2 rings (SSSR count). The van der Waals surface area contributed by atoms with Crippen LogP contribution in [0.2, 0.25) is 0 Å². The van der Waals surface area contributed by atoms with Gasteiger partial charge in [-0.2, -0.15) is 11.8 Å². The van der Waals surface area contributed by atoms with Crippen LogP contribution in [0.4, 0.5) is 0 Å². The van der Waals surface area contributed by atoms with Crippen LogP contribution >= 0.6 is 11.8 Å². The van der Waals surface area contributed by atoms with Crippen molar-refractivity contribution in [2.45, 2.75) is 64.3 Å². The minimum atomic E-state index is 0.457. The van der Waals surface area contributed by atoms with Gasteiger partial charge < -0.3 is 5.32 Å². The minimum absolute atomic E-state index is 0.457. The van der Waals surface area contributed by atoms with Gasteiger partial charge in [0.15, 0.2) is 0 Å². The van der Waals surface area contributed by atoms with E-state index in [2.05, 4.69) is 51.4 Å². The SMILES string of the molecule is CSC1CCCC1NC(C)c1c(C)cc(C)cc1C. The molecule has 0 spiro atoms. The maximum Gasteiger partial charge on any atom is 0.0300 e. The van der Waals surface area contributed by atoms with E-state index in [1.54, 1.807) is 0 Å². The van der Waals surface area contributed by atoms with Crippen molar-refractivity contribution < 1.29 is 0 Å². The zero-order chi connectivity index (χ0) is 14.0. The van der Waals surface area contributed by atoms with Gasteiger partial charge in [0.25, 0.3) is 0 Å². The van der Waals surface area contributed by atoms with E-state index >= 15 is 0 Å². The van der Waals surface area contributed by atoms with E-state index in [9.17, 15) is 0 Å². The van der Waals surface area contributed by atoms with Crippen molar-refractivity contribution in [1.82, 2.24) is 5.32 Å². The number of thioether (sulfide) groups is 1. The molecule has 3 atom stereocenters. The average Bonchev–Trinajstić information content (AvgIpc) is 2.74. The van der Waals surface area contributed by atoms with E-state index in [1.165, 1.54) is 41.5 Å². The Morgan fingerprint density at radius 1 is 1.16 bits per heavy atom. The molecule has 3 unspecified atom stereocenters. The lowest BCUT2D eigenvalue weighted by Gasteiger charge is -2.26. The molecule has 0 aromatic heterocycles. The second-order valence-corrected chi connectivity index (χ2v) is 7.09. The van der Waals surface area contributed by atoms with E-state index in [0.29, 0.717) is 12.1 Å². The van der Waals surface area contributed by atoms with E-state index in [-0.39, 0.29) is 0 Å².